The van der Waals surface area contributed by atoms with Gasteiger partial charge >= 0.3 is 6.03 Å². The van der Waals surface area contributed by atoms with Gasteiger partial charge in [-0.15, -0.1) is 0 Å². The van der Waals surface area contributed by atoms with Gasteiger partial charge in [0.2, 0.25) is 5.91 Å². The lowest BCUT2D eigenvalue weighted by Crippen LogP contribution is -2.36. The first kappa shape index (κ1) is 19.1. The second kappa shape index (κ2) is 9.91. The molecule has 24 heavy (non-hydrogen) atoms. The summed E-state index contributed by atoms with van der Waals surface area (Å²) in [5.74, 6) is 1.34. The van der Waals surface area contributed by atoms with Crippen molar-refractivity contribution in [1.29, 1.82) is 0 Å². The molecular formula is C17H29N3O3S. The third-order valence-corrected chi connectivity index (χ3v) is 6.12. The number of carbonyl (C=O) groups excluding carboxylic acids is 3. The van der Waals surface area contributed by atoms with Crippen molar-refractivity contribution >= 4 is 29.5 Å². The number of unbranched alkanes of at least 4 members (excludes halogenated alkanes) is 3. The number of nitrogens with one attached hydrogen (secondary N) is 3. The number of urea groups is 1. The predicted molar refractivity (Wildman–Crippen MR) is 96.1 cm³/mol. The molecule has 0 bridgehead atoms. The van der Waals surface area contributed by atoms with E-state index in [0.717, 1.165) is 44.3 Å². The second-order valence-electron chi connectivity index (χ2n) is 6.73. The van der Waals surface area contributed by atoms with Gasteiger partial charge in [-0.05, 0) is 32.6 Å². The Hall–Kier alpha value is -1.24. The predicted octanol–water partition coefficient (Wildman–Crippen LogP) is 1.98. The highest BCUT2D eigenvalue weighted by Crippen LogP contribution is 2.33. The number of fused-ring (bicyclic) bond motifs is 1. The van der Waals surface area contributed by atoms with Crippen LogP contribution in [0.5, 0.6) is 0 Å². The number of ketones is 1. The van der Waals surface area contributed by atoms with E-state index in [0.29, 0.717) is 24.6 Å². The molecule has 3 N–H and O–H groups in total. The van der Waals surface area contributed by atoms with Gasteiger partial charge in [0, 0.05) is 30.4 Å². The molecule has 2 unspecified atom stereocenters. The Morgan fingerprint density at radius 2 is 1.92 bits per heavy atom. The van der Waals surface area contributed by atoms with E-state index in [2.05, 4.69) is 16.0 Å². The van der Waals surface area contributed by atoms with E-state index in [9.17, 15) is 14.4 Å². The molecule has 0 radical (unpaired) electrons. The fourth-order valence-corrected chi connectivity index (χ4v) is 4.81. The molecule has 136 valence electrons. The number of Topliss-reactive ketones (excluding diaryl/α,β-unsaturated/α-hetero) is 1. The molecule has 3 amide bonds. The topological polar surface area (TPSA) is 87.3 Å². The van der Waals surface area contributed by atoms with E-state index in [-0.39, 0.29) is 29.8 Å². The maximum absolute atomic E-state index is 11.8. The lowest BCUT2D eigenvalue weighted by Gasteiger charge is -2.16. The van der Waals surface area contributed by atoms with Gasteiger partial charge in [0.25, 0.3) is 0 Å². The van der Waals surface area contributed by atoms with E-state index >= 15 is 0 Å². The third kappa shape index (κ3) is 6.34. The van der Waals surface area contributed by atoms with Gasteiger partial charge in [0.05, 0.1) is 12.1 Å². The highest BCUT2D eigenvalue weighted by molar-refractivity contribution is 8.00. The SMILES string of the molecule is CC(=O)CCCCCNC(=O)CCCC[C@@H]1SCC2NC(=O)NC21. The molecule has 0 aromatic rings. The number of amides is 3. The molecule has 0 spiro atoms. The van der Waals surface area contributed by atoms with Crippen LogP contribution in [0.4, 0.5) is 4.79 Å². The molecule has 2 aliphatic heterocycles. The van der Waals surface area contributed by atoms with Crippen molar-refractivity contribution in [3.8, 4) is 0 Å². The molecule has 2 fully saturated rings. The second-order valence-corrected chi connectivity index (χ2v) is 8.00. The Bertz CT molecular complexity index is 458. The van der Waals surface area contributed by atoms with Crippen LogP contribution in [0.15, 0.2) is 0 Å². The molecule has 0 aromatic carbocycles. The summed E-state index contributed by atoms with van der Waals surface area (Å²) in [4.78, 5) is 33.9. The van der Waals surface area contributed by atoms with Crippen LogP contribution < -0.4 is 16.0 Å². The van der Waals surface area contributed by atoms with E-state index in [1.165, 1.54) is 0 Å². The van der Waals surface area contributed by atoms with Crippen LogP contribution in [0, 0.1) is 0 Å². The Kier molecular flexibility index (Phi) is 7.88. The smallest absolute Gasteiger partial charge is 0.315 e. The maximum atomic E-state index is 11.8. The first-order valence-electron chi connectivity index (χ1n) is 9.01. The first-order valence-corrected chi connectivity index (χ1v) is 10.1. The Morgan fingerprint density at radius 1 is 1.12 bits per heavy atom. The van der Waals surface area contributed by atoms with Crippen LogP contribution in [0.2, 0.25) is 0 Å². The zero-order chi connectivity index (χ0) is 17.4. The van der Waals surface area contributed by atoms with Gasteiger partial charge < -0.3 is 20.7 Å². The number of carbonyl (C=O) groups is 3. The van der Waals surface area contributed by atoms with Crippen molar-refractivity contribution in [3.63, 3.8) is 0 Å². The summed E-state index contributed by atoms with van der Waals surface area (Å²) in [5, 5.41) is 9.36. The fraction of sp³-hybridized carbons (Fsp3) is 0.824. The van der Waals surface area contributed by atoms with Crippen LogP contribution in [0.1, 0.15) is 58.3 Å². The Balaban J connectivity index is 1.45. The molecule has 6 nitrogen and oxygen atoms in total. The summed E-state index contributed by atoms with van der Waals surface area (Å²) in [6.45, 7) is 2.32. The highest BCUT2D eigenvalue weighted by Gasteiger charge is 2.42. The van der Waals surface area contributed by atoms with Gasteiger partial charge in [-0.1, -0.05) is 12.8 Å². The average molecular weight is 356 g/mol. The number of rotatable bonds is 11. The maximum Gasteiger partial charge on any atom is 0.315 e. The lowest BCUT2D eigenvalue weighted by atomic mass is 10.0. The van der Waals surface area contributed by atoms with Crippen molar-refractivity contribution in [1.82, 2.24) is 16.0 Å². The summed E-state index contributed by atoms with van der Waals surface area (Å²) in [7, 11) is 0. The Morgan fingerprint density at radius 3 is 2.71 bits per heavy atom. The van der Waals surface area contributed by atoms with Crippen molar-refractivity contribution in [2.75, 3.05) is 12.3 Å². The molecule has 3 atom stereocenters. The van der Waals surface area contributed by atoms with Crippen LogP contribution in [0.25, 0.3) is 0 Å². The number of thioether (sulfide) groups is 1. The van der Waals surface area contributed by atoms with Crippen LogP contribution in [0.3, 0.4) is 0 Å². The molecule has 2 aliphatic rings. The summed E-state index contributed by atoms with van der Waals surface area (Å²) in [6, 6.07) is 0.489. The summed E-state index contributed by atoms with van der Waals surface area (Å²) in [6.07, 6.45) is 7.02. The minimum absolute atomic E-state index is 0.0435. The zero-order valence-corrected chi connectivity index (χ0v) is 15.3. The third-order valence-electron chi connectivity index (χ3n) is 4.61. The minimum atomic E-state index is -0.0435. The van der Waals surface area contributed by atoms with Crippen molar-refractivity contribution in [3.05, 3.63) is 0 Å². The zero-order valence-electron chi connectivity index (χ0n) is 14.4. The van der Waals surface area contributed by atoms with E-state index < -0.39 is 0 Å². The van der Waals surface area contributed by atoms with Gasteiger partial charge in [-0.3, -0.25) is 4.79 Å². The summed E-state index contributed by atoms with van der Waals surface area (Å²) >= 11 is 1.92. The van der Waals surface area contributed by atoms with E-state index in [1.807, 2.05) is 11.8 Å². The molecular weight excluding hydrogens is 326 g/mol. The number of hydrogen-bond donors (Lipinski definition) is 3. The van der Waals surface area contributed by atoms with E-state index in [4.69, 9.17) is 0 Å². The quantitative estimate of drug-likeness (QED) is 0.391. The molecule has 2 heterocycles. The lowest BCUT2D eigenvalue weighted by molar-refractivity contribution is -0.121. The van der Waals surface area contributed by atoms with Gasteiger partial charge in [-0.2, -0.15) is 11.8 Å². The molecule has 2 saturated heterocycles. The van der Waals surface area contributed by atoms with Crippen molar-refractivity contribution in [2.45, 2.75) is 75.6 Å². The van der Waals surface area contributed by atoms with Crippen LogP contribution >= 0.6 is 11.8 Å². The first-order chi connectivity index (χ1) is 11.6. The normalized spacial score (nSPS) is 25.0. The van der Waals surface area contributed by atoms with Gasteiger partial charge in [0.1, 0.15) is 5.78 Å². The average Bonchev–Trinajstić information content (AvgIpc) is 3.06. The highest BCUT2D eigenvalue weighted by atomic mass is 32.2. The molecule has 7 heteroatoms. The molecule has 0 saturated carbocycles. The fourth-order valence-electron chi connectivity index (χ4n) is 3.27. The minimum Gasteiger partial charge on any atom is -0.356 e. The number of hydrogen-bond acceptors (Lipinski definition) is 4. The summed E-state index contributed by atoms with van der Waals surface area (Å²) < 4.78 is 0. The standard InChI is InChI=1S/C17H29N3O3S/c1-12(21)7-3-2-6-10-18-15(22)9-5-4-8-14-16-13(11-24-14)19-17(23)20-16/h13-14,16H,2-11H2,1H3,(H,18,22)(H2,19,20,23)/t13?,14-,16?/m0/s1. The van der Waals surface area contributed by atoms with Crippen molar-refractivity contribution < 1.29 is 14.4 Å². The Labute approximate surface area is 148 Å². The monoisotopic (exact) mass is 355 g/mol. The summed E-state index contributed by atoms with van der Waals surface area (Å²) in [5.41, 5.74) is 0. The van der Waals surface area contributed by atoms with Crippen LogP contribution in [-0.4, -0.2) is 47.4 Å². The molecule has 2 rings (SSSR count). The largest absolute Gasteiger partial charge is 0.356 e. The van der Waals surface area contributed by atoms with Gasteiger partial charge in [-0.25, -0.2) is 4.79 Å². The molecule has 0 aliphatic carbocycles. The van der Waals surface area contributed by atoms with E-state index in [1.54, 1.807) is 6.92 Å². The van der Waals surface area contributed by atoms with Crippen molar-refractivity contribution in [2.24, 2.45) is 0 Å². The molecule has 0 aromatic heterocycles. The van der Waals surface area contributed by atoms with Crippen LogP contribution in [-0.2, 0) is 9.59 Å². The van der Waals surface area contributed by atoms with Gasteiger partial charge in [0.15, 0.2) is 0 Å².